The highest BCUT2D eigenvalue weighted by Crippen LogP contribution is 2.37. The molecule has 1 amide bonds. The van der Waals surface area contributed by atoms with Gasteiger partial charge in [-0.15, -0.1) is 0 Å². The first-order valence-electron chi connectivity index (χ1n) is 19.5. The van der Waals surface area contributed by atoms with Crippen molar-refractivity contribution in [2.24, 2.45) is 0 Å². The Labute approximate surface area is 333 Å². The zero-order chi connectivity index (χ0) is 40.1. The number of nitrogens with zero attached hydrogens (tertiary/aromatic N) is 7. The maximum atomic E-state index is 13.3. The number of piperazine rings is 1. The van der Waals surface area contributed by atoms with Gasteiger partial charge in [0.1, 0.15) is 24.4 Å². The standard InChI is InChI=1S/C44H44N8O6/c1-27(2)33-19-35(39(54)21-38(33)53)42-46-47-43(55)52(42)32-10-8-28(9-11-32)22-50-16-14-49(15-17-50)13-12-48(3)44(56)58-40-26-57-25-31-24-51-23-30-18-29-6-4-5-7-36(29)45-41(30)37(51)20-34(31)40/h4-11,18-21,23-24,26-27,53-54H,12-17,22,25H2,1-3H3,(H,47,55). The third-order valence-electron chi connectivity index (χ3n) is 11.2. The number of carbonyl (C=O) groups is 1. The van der Waals surface area contributed by atoms with Gasteiger partial charge in [-0.05, 0) is 53.4 Å². The lowest BCUT2D eigenvalue weighted by atomic mass is 9.98. The summed E-state index contributed by atoms with van der Waals surface area (Å²) in [6.45, 7) is 9.70. The molecule has 9 rings (SSSR count). The number of para-hydroxylation sites is 1. The van der Waals surface area contributed by atoms with Crippen LogP contribution in [0.5, 0.6) is 11.5 Å². The minimum Gasteiger partial charge on any atom is -0.508 e. The number of H-pyrrole nitrogens is 1. The van der Waals surface area contributed by atoms with Gasteiger partial charge >= 0.3 is 11.8 Å². The molecule has 0 unspecified atom stereocenters. The number of rotatable bonds is 9. The first-order chi connectivity index (χ1) is 28.1. The summed E-state index contributed by atoms with van der Waals surface area (Å²) in [7, 11) is 1.75. The van der Waals surface area contributed by atoms with Crippen LogP contribution in [0, 0.1) is 0 Å². The van der Waals surface area contributed by atoms with Gasteiger partial charge in [-0.2, -0.15) is 5.10 Å². The number of likely N-dealkylation sites (N-methyl/N-ethyl adjacent to an activating group) is 1. The average molecular weight is 781 g/mol. The molecule has 1 saturated heterocycles. The molecule has 58 heavy (non-hydrogen) atoms. The number of benzene rings is 3. The van der Waals surface area contributed by atoms with Gasteiger partial charge in [-0.1, -0.05) is 44.2 Å². The summed E-state index contributed by atoms with van der Waals surface area (Å²) < 4.78 is 15.1. The summed E-state index contributed by atoms with van der Waals surface area (Å²) in [6, 6.07) is 22.9. The topological polar surface area (TPSA) is 154 Å². The maximum absolute atomic E-state index is 13.3. The number of nitrogens with one attached hydrogen (secondary N) is 1. The summed E-state index contributed by atoms with van der Waals surface area (Å²) in [5.74, 6) is 0.477. The fraction of sp³-hybridized carbons (Fsp3) is 0.273. The lowest BCUT2D eigenvalue weighted by Gasteiger charge is -2.35. The third kappa shape index (κ3) is 7.01. The number of fused-ring (bicyclic) bond motifs is 5. The van der Waals surface area contributed by atoms with E-state index in [1.807, 2.05) is 68.6 Å². The second-order valence-corrected chi connectivity index (χ2v) is 15.4. The molecule has 0 saturated carbocycles. The molecule has 0 radical (unpaired) electrons. The highest BCUT2D eigenvalue weighted by atomic mass is 16.6. The van der Waals surface area contributed by atoms with E-state index in [4.69, 9.17) is 14.5 Å². The summed E-state index contributed by atoms with van der Waals surface area (Å²) in [6.07, 6.45) is 5.16. The smallest absolute Gasteiger partial charge is 0.415 e. The molecule has 0 bridgehead atoms. The molecule has 3 aromatic carbocycles. The Hall–Kier alpha value is -6.64. The molecule has 7 aromatic rings. The van der Waals surface area contributed by atoms with Crippen molar-refractivity contribution in [3.8, 4) is 28.6 Å². The van der Waals surface area contributed by atoms with Gasteiger partial charge in [0.25, 0.3) is 0 Å². The van der Waals surface area contributed by atoms with Crippen LogP contribution in [0.4, 0.5) is 4.79 Å². The van der Waals surface area contributed by atoms with Gasteiger partial charge in [-0.3, -0.25) is 9.80 Å². The summed E-state index contributed by atoms with van der Waals surface area (Å²) in [4.78, 5) is 37.5. The van der Waals surface area contributed by atoms with Gasteiger partial charge in [0.2, 0.25) is 0 Å². The number of hydrogen-bond acceptors (Lipinski definition) is 10. The Balaban J connectivity index is 0.788. The SMILES string of the molecule is CC(C)c1cc(-c2n[nH]c(=O)n2-c2ccc(CN3CCN(CCN(C)C(=O)OC4=COCc5cn6cc7cc8ccccc8nc7c6cc54)CC3)cc2)c(O)cc1O. The van der Waals surface area contributed by atoms with Crippen molar-refractivity contribution >= 4 is 39.2 Å². The van der Waals surface area contributed by atoms with Crippen LogP contribution in [-0.4, -0.2) is 101 Å². The average Bonchev–Trinajstić information content (AvgIpc) is 3.77. The second-order valence-electron chi connectivity index (χ2n) is 15.4. The van der Waals surface area contributed by atoms with Crippen molar-refractivity contribution in [2.45, 2.75) is 32.9 Å². The monoisotopic (exact) mass is 780 g/mol. The molecule has 0 aliphatic carbocycles. The molecule has 14 heteroatoms. The van der Waals surface area contributed by atoms with Crippen molar-refractivity contribution in [3.63, 3.8) is 0 Å². The normalized spacial score (nSPS) is 14.9. The molecular weight excluding hydrogens is 737 g/mol. The van der Waals surface area contributed by atoms with Gasteiger partial charge in [-0.25, -0.2) is 24.2 Å². The molecule has 296 valence electrons. The van der Waals surface area contributed by atoms with E-state index in [0.717, 1.165) is 76.7 Å². The molecule has 0 spiro atoms. The van der Waals surface area contributed by atoms with E-state index in [1.165, 1.54) is 16.9 Å². The maximum Gasteiger partial charge on any atom is 0.415 e. The third-order valence-corrected chi connectivity index (χ3v) is 11.2. The largest absolute Gasteiger partial charge is 0.508 e. The van der Waals surface area contributed by atoms with Crippen molar-refractivity contribution in [2.75, 3.05) is 46.3 Å². The van der Waals surface area contributed by atoms with Gasteiger partial charge in [0.15, 0.2) is 11.6 Å². The Morgan fingerprint density at radius 3 is 2.50 bits per heavy atom. The van der Waals surface area contributed by atoms with Crippen LogP contribution in [0.3, 0.4) is 0 Å². The van der Waals surface area contributed by atoms with Crippen LogP contribution in [0.15, 0.2) is 96.2 Å². The zero-order valence-electron chi connectivity index (χ0n) is 32.6. The van der Waals surface area contributed by atoms with Crippen molar-refractivity contribution in [1.29, 1.82) is 0 Å². The number of hydrogen-bond donors (Lipinski definition) is 3. The summed E-state index contributed by atoms with van der Waals surface area (Å²) in [5.41, 5.74) is 6.77. The summed E-state index contributed by atoms with van der Waals surface area (Å²) >= 11 is 0. The van der Waals surface area contributed by atoms with Crippen molar-refractivity contribution in [3.05, 3.63) is 124 Å². The number of ether oxygens (including phenoxy) is 2. The summed E-state index contributed by atoms with van der Waals surface area (Å²) in [5, 5.41) is 29.8. The lowest BCUT2D eigenvalue weighted by molar-refractivity contribution is 0.110. The van der Waals surface area contributed by atoms with Crippen LogP contribution >= 0.6 is 0 Å². The number of aromatic nitrogens is 5. The Morgan fingerprint density at radius 2 is 1.71 bits per heavy atom. The molecular formula is C44H44N8O6. The van der Waals surface area contributed by atoms with Crippen molar-refractivity contribution in [1.82, 2.24) is 38.8 Å². The highest BCUT2D eigenvalue weighted by Gasteiger charge is 2.24. The van der Waals surface area contributed by atoms with E-state index in [1.54, 1.807) is 18.0 Å². The van der Waals surface area contributed by atoms with Crippen LogP contribution in [0.2, 0.25) is 0 Å². The zero-order valence-corrected chi connectivity index (χ0v) is 32.6. The highest BCUT2D eigenvalue weighted by molar-refractivity contribution is 6.01. The predicted molar refractivity (Wildman–Crippen MR) is 221 cm³/mol. The van der Waals surface area contributed by atoms with Crippen LogP contribution in [0.1, 0.15) is 42.0 Å². The lowest BCUT2D eigenvalue weighted by Crippen LogP contribution is -2.48. The predicted octanol–water partition coefficient (Wildman–Crippen LogP) is 6.43. The van der Waals surface area contributed by atoms with E-state index in [-0.39, 0.29) is 23.2 Å². The minimum absolute atomic E-state index is 0.00406. The number of amides is 1. The number of phenolic OH excluding ortho intramolecular Hbond substituents is 2. The van der Waals surface area contributed by atoms with Crippen LogP contribution < -0.4 is 5.69 Å². The van der Waals surface area contributed by atoms with Crippen molar-refractivity contribution < 1.29 is 24.5 Å². The van der Waals surface area contributed by atoms with E-state index in [9.17, 15) is 19.8 Å². The molecule has 4 aromatic heterocycles. The Bertz CT molecular complexity index is 2780. The van der Waals surface area contributed by atoms with Gasteiger partial charge in [0, 0.05) is 93.2 Å². The Kier molecular flexibility index (Phi) is 9.58. The minimum atomic E-state index is -0.445. The van der Waals surface area contributed by atoms with E-state index in [2.05, 4.69) is 42.7 Å². The van der Waals surface area contributed by atoms with E-state index in [0.29, 0.717) is 42.3 Å². The number of carbonyl (C=O) groups excluding carboxylic acids is 1. The molecule has 2 aliphatic rings. The molecule has 1 fully saturated rings. The van der Waals surface area contributed by atoms with Crippen LogP contribution in [-0.2, 0) is 22.6 Å². The van der Waals surface area contributed by atoms with Gasteiger partial charge in [0.05, 0.1) is 27.8 Å². The van der Waals surface area contributed by atoms with E-state index < -0.39 is 11.8 Å². The first kappa shape index (κ1) is 37.0. The molecule has 14 nitrogen and oxygen atoms in total. The van der Waals surface area contributed by atoms with E-state index >= 15 is 0 Å². The fourth-order valence-electron chi connectivity index (χ4n) is 7.88. The first-order valence-corrected chi connectivity index (χ1v) is 19.5. The molecule has 2 aliphatic heterocycles. The van der Waals surface area contributed by atoms with Gasteiger partial charge < -0.3 is 29.0 Å². The molecule has 6 heterocycles. The molecule has 0 atom stereocenters. The quantitative estimate of drug-likeness (QED) is 0.149. The Morgan fingerprint density at radius 1 is 0.931 bits per heavy atom. The fourth-order valence-corrected chi connectivity index (χ4v) is 7.88. The number of aromatic amines is 1. The second kappa shape index (κ2) is 15.0. The van der Waals surface area contributed by atoms with Crippen LogP contribution in [0.25, 0.3) is 50.2 Å². The number of pyridine rings is 2. The number of aromatic hydroxyl groups is 2. The number of phenols is 2. The molecule has 3 N–H and O–H groups in total.